The molecule has 5 nitrogen and oxygen atoms in total. The van der Waals surface area contributed by atoms with E-state index in [9.17, 15) is 22.8 Å². The number of aliphatic carboxylic acids is 1. The third kappa shape index (κ3) is 3.90. The summed E-state index contributed by atoms with van der Waals surface area (Å²) in [5, 5.41) is 11.4. The zero-order valence-electron chi connectivity index (χ0n) is 11.0. The highest BCUT2D eigenvalue weighted by atomic mass is 79.9. The van der Waals surface area contributed by atoms with E-state index in [4.69, 9.17) is 5.11 Å². The van der Waals surface area contributed by atoms with Crippen molar-refractivity contribution in [3.63, 3.8) is 0 Å². The zero-order valence-corrected chi connectivity index (χ0v) is 12.6. The Kier molecular flexibility index (Phi) is 4.37. The number of ether oxygens (including phenoxy) is 1. The number of amides is 1. The Morgan fingerprint density at radius 1 is 1.36 bits per heavy atom. The van der Waals surface area contributed by atoms with Crippen molar-refractivity contribution in [3.05, 3.63) is 28.2 Å². The Hall–Kier alpha value is -1.77. The third-order valence-electron chi connectivity index (χ3n) is 3.31. The first kappa shape index (κ1) is 16.6. The minimum absolute atomic E-state index is 0.0468. The molecule has 22 heavy (non-hydrogen) atoms. The molecule has 0 bridgehead atoms. The van der Waals surface area contributed by atoms with Gasteiger partial charge in [-0.1, -0.05) is 0 Å². The highest BCUT2D eigenvalue weighted by molar-refractivity contribution is 9.10. The molecular formula is C13H11BrF3NO4. The molecule has 1 aliphatic carbocycles. The van der Waals surface area contributed by atoms with E-state index in [1.165, 1.54) is 12.1 Å². The molecule has 9 heteroatoms. The molecule has 0 unspecified atom stereocenters. The van der Waals surface area contributed by atoms with Crippen LogP contribution in [0.25, 0.3) is 0 Å². The molecule has 120 valence electrons. The maximum Gasteiger partial charge on any atom is 0.573 e. The minimum Gasteiger partial charge on any atom is -0.481 e. The summed E-state index contributed by atoms with van der Waals surface area (Å²) in [6.07, 6.45) is -3.95. The van der Waals surface area contributed by atoms with Crippen molar-refractivity contribution in [1.82, 2.24) is 5.32 Å². The minimum atomic E-state index is -4.88. The van der Waals surface area contributed by atoms with E-state index in [1.54, 1.807) is 0 Å². The van der Waals surface area contributed by atoms with Crippen molar-refractivity contribution in [3.8, 4) is 5.75 Å². The normalized spacial score (nSPS) is 16.0. The lowest BCUT2D eigenvalue weighted by atomic mass is 10.1. The Labute approximate surface area is 131 Å². The number of nitrogens with one attached hydrogen (secondary N) is 1. The van der Waals surface area contributed by atoms with Gasteiger partial charge in [-0.2, -0.15) is 0 Å². The van der Waals surface area contributed by atoms with Crippen LogP contribution in [0.2, 0.25) is 0 Å². The molecule has 0 aromatic heterocycles. The molecule has 1 aromatic carbocycles. The van der Waals surface area contributed by atoms with Crippen LogP contribution in [0.5, 0.6) is 5.75 Å². The number of carbonyl (C=O) groups is 2. The highest BCUT2D eigenvalue weighted by Gasteiger charge is 2.50. The van der Waals surface area contributed by atoms with E-state index in [2.05, 4.69) is 26.0 Å². The molecule has 1 amide bonds. The monoisotopic (exact) mass is 381 g/mol. The number of halogens is 4. The maximum absolute atomic E-state index is 12.2. The Bertz CT molecular complexity index is 614. The highest BCUT2D eigenvalue weighted by Crippen LogP contribution is 2.45. The Morgan fingerprint density at radius 2 is 2.00 bits per heavy atom. The molecule has 2 N–H and O–H groups in total. The van der Waals surface area contributed by atoms with Crippen LogP contribution in [-0.2, 0) is 4.79 Å². The molecule has 1 aliphatic rings. The summed E-state index contributed by atoms with van der Waals surface area (Å²) < 4.78 is 40.6. The van der Waals surface area contributed by atoms with Crippen LogP contribution in [0.4, 0.5) is 13.2 Å². The van der Waals surface area contributed by atoms with Crippen molar-refractivity contribution in [1.29, 1.82) is 0 Å². The van der Waals surface area contributed by atoms with Crippen LogP contribution in [0.15, 0.2) is 22.7 Å². The summed E-state index contributed by atoms with van der Waals surface area (Å²) in [4.78, 5) is 22.9. The lowest BCUT2D eigenvalue weighted by Crippen LogP contribution is -2.34. The number of alkyl halides is 3. The van der Waals surface area contributed by atoms with Gasteiger partial charge in [-0.05, 0) is 47.0 Å². The van der Waals surface area contributed by atoms with E-state index in [-0.39, 0.29) is 16.6 Å². The summed E-state index contributed by atoms with van der Waals surface area (Å²) in [6.45, 7) is -0.0628. The van der Waals surface area contributed by atoms with E-state index in [0.717, 1.165) is 6.07 Å². The van der Waals surface area contributed by atoms with Gasteiger partial charge in [-0.15, -0.1) is 13.2 Å². The average molecular weight is 382 g/mol. The Balaban J connectivity index is 2.07. The van der Waals surface area contributed by atoms with Crippen LogP contribution in [0, 0.1) is 5.41 Å². The van der Waals surface area contributed by atoms with E-state index in [1.807, 2.05) is 0 Å². The molecule has 0 atom stereocenters. The van der Waals surface area contributed by atoms with Gasteiger partial charge in [0.25, 0.3) is 5.91 Å². The summed E-state index contributed by atoms with van der Waals surface area (Å²) in [5.41, 5.74) is -1.00. The third-order valence-corrected chi connectivity index (χ3v) is 3.97. The lowest BCUT2D eigenvalue weighted by molar-refractivity contribution is -0.274. The smallest absolute Gasteiger partial charge is 0.481 e. The van der Waals surface area contributed by atoms with Gasteiger partial charge in [0.1, 0.15) is 5.75 Å². The summed E-state index contributed by atoms with van der Waals surface area (Å²) in [6, 6.07) is 3.50. The van der Waals surface area contributed by atoms with Crippen LogP contribution in [0.3, 0.4) is 0 Å². The van der Waals surface area contributed by atoms with Crippen molar-refractivity contribution < 1.29 is 32.6 Å². The molecule has 1 fully saturated rings. The van der Waals surface area contributed by atoms with Crippen molar-refractivity contribution >= 4 is 27.8 Å². The molecule has 0 radical (unpaired) electrons. The first-order chi connectivity index (χ1) is 10.1. The molecule has 0 aliphatic heterocycles. The summed E-state index contributed by atoms with van der Waals surface area (Å²) in [5.74, 6) is -2.20. The number of carboxylic acids is 1. The number of hydrogen-bond donors (Lipinski definition) is 2. The van der Waals surface area contributed by atoms with Gasteiger partial charge in [0, 0.05) is 12.1 Å². The number of rotatable bonds is 5. The molecular weight excluding hydrogens is 371 g/mol. The largest absolute Gasteiger partial charge is 0.573 e. The molecule has 0 spiro atoms. The van der Waals surface area contributed by atoms with Crippen molar-refractivity contribution in [2.45, 2.75) is 19.2 Å². The molecule has 1 saturated carbocycles. The fourth-order valence-electron chi connectivity index (χ4n) is 1.82. The Morgan fingerprint density at radius 3 is 2.50 bits per heavy atom. The quantitative estimate of drug-likeness (QED) is 0.821. The van der Waals surface area contributed by atoms with Crippen LogP contribution in [-0.4, -0.2) is 29.9 Å². The summed E-state index contributed by atoms with van der Waals surface area (Å²) >= 11 is 2.90. The van der Waals surface area contributed by atoms with Gasteiger partial charge in [0.05, 0.1) is 9.89 Å². The predicted octanol–water partition coefficient (Wildman–Crippen LogP) is 2.94. The predicted molar refractivity (Wildman–Crippen MR) is 72.5 cm³/mol. The molecule has 0 heterocycles. The van der Waals surface area contributed by atoms with Gasteiger partial charge in [-0.3, -0.25) is 9.59 Å². The van der Waals surface area contributed by atoms with Gasteiger partial charge in [0.15, 0.2) is 0 Å². The van der Waals surface area contributed by atoms with E-state index in [0.29, 0.717) is 12.8 Å². The van der Waals surface area contributed by atoms with Crippen molar-refractivity contribution in [2.24, 2.45) is 5.41 Å². The zero-order chi connectivity index (χ0) is 16.5. The molecule has 0 saturated heterocycles. The fourth-order valence-corrected chi connectivity index (χ4v) is 2.14. The number of carboxylic acid groups (broad SMARTS) is 1. The first-order valence-corrected chi connectivity index (χ1v) is 6.99. The van der Waals surface area contributed by atoms with Gasteiger partial charge in [0.2, 0.25) is 0 Å². The summed E-state index contributed by atoms with van der Waals surface area (Å²) in [7, 11) is 0. The van der Waals surface area contributed by atoms with Crippen molar-refractivity contribution in [2.75, 3.05) is 6.54 Å². The van der Waals surface area contributed by atoms with Crippen LogP contribution >= 0.6 is 15.9 Å². The molecule has 1 aromatic rings. The van der Waals surface area contributed by atoms with Crippen LogP contribution in [0.1, 0.15) is 23.2 Å². The van der Waals surface area contributed by atoms with Gasteiger partial charge < -0.3 is 15.2 Å². The van der Waals surface area contributed by atoms with Gasteiger partial charge in [-0.25, -0.2) is 0 Å². The first-order valence-electron chi connectivity index (χ1n) is 6.20. The maximum atomic E-state index is 12.2. The second-order valence-corrected chi connectivity index (χ2v) is 5.82. The fraction of sp³-hybridized carbons (Fsp3) is 0.385. The van der Waals surface area contributed by atoms with Gasteiger partial charge >= 0.3 is 12.3 Å². The second kappa shape index (κ2) is 5.79. The standard InChI is InChI=1S/C13H11BrF3NO4/c14-8-2-1-7(5-9(8)22-13(15,16)17)10(19)18-6-12(3-4-12)11(20)21/h1-2,5H,3-4,6H2,(H,18,19)(H,20,21). The lowest BCUT2D eigenvalue weighted by Gasteiger charge is -2.13. The van der Waals surface area contributed by atoms with Crippen LogP contribution < -0.4 is 10.1 Å². The van der Waals surface area contributed by atoms with E-state index >= 15 is 0 Å². The molecule has 2 rings (SSSR count). The average Bonchev–Trinajstić information content (AvgIpc) is 3.18. The number of benzene rings is 1. The SMILES string of the molecule is O=C(NCC1(C(=O)O)CC1)c1ccc(Br)c(OC(F)(F)F)c1. The van der Waals surface area contributed by atoms with E-state index < -0.39 is 29.4 Å². The number of carbonyl (C=O) groups excluding carboxylic acids is 1. The topological polar surface area (TPSA) is 75.6 Å². The second-order valence-electron chi connectivity index (χ2n) is 4.96. The number of hydrogen-bond acceptors (Lipinski definition) is 3.